The number of halogens is 2. The van der Waals surface area contributed by atoms with Crippen molar-refractivity contribution in [3.05, 3.63) is 46.2 Å². The highest BCUT2D eigenvalue weighted by Crippen LogP contribution is 2.25. The fraction of sp³-hybridized carbons (Fsp3) is 0.385. The van der Waals surface area contributed by atoms with E-state index >= 15 is 0 Å². The fourth-order valence-electron chi connectivity index (χ4n) is 1.63. The Morgan fingerprint density at radius 1 is 1.56 bits per heavy atom. The third kappa shape index (κ3) is 3.72. The van der Waals surface area contributed by atoms with Gasteiger partial charge in [0, 0.05) is 6.04 Å². The van der Waals surface area contributed by atoms with Crippen LogP contribution in [0.15, 0.2) is 34.8 Å². The van der Waals surface area contributed by atoms with Gasteiger partial charge in [0.1, 0.15) is 5.82 Å². The number of nitrogens with one attached hydrogen (secondary N) is 1. The van der Waals surface area contributed by atoms with Gasteiger partial charge < -0.3 is 5.32 Å². The Labute approximate surface area is 105 Å². The largest absolute Gasteiger partial charge is 0.310 e. The lowest BCUT2D eigenvalue weighted by molar-refractivity contribution is 0.545. The summed E-state index contributed by atoms with van der Waals surface area (Å²) in [6.45, 7) is 8.86. The molecule has 0 saturated carbocycles. The average molecular weight is 286 g/mol. The van der Waals surface area contributed by atoms with Crippen LogP contribution in [0.5, 0.6) is 0 Å². The molecule has 1 N–H and O–H groups in total. The summed E-state index contributed by atoms with van der Waals surface area (Å²) in [4.78, 5) is 0. The summed E-state index contributed by atoms with van der Waals surface area (Å²) in [6.07, 6.45) is 0.867. The summed E-state index contributed by atoms with van der Waals surface area (Å²) < 4.78 is 13.6. The maximum absolute atomic E-state index is 13.1. The number of hydrogen-bond donors (Lipinski definition) is 1. The van der Waals surface area contributed by atoms with Crippen molar-refractivity contribution in [1.29, 1.82) is 0 Å². The van der Waals surface area contributed by atoms with Crippen LogP contribution >= 0.6 is 15.9 Å². The molecular formula is C13H17BrFN. The molecule has 1 atom stereocenters. The first-order valence-electron chi connectivity index (χ1n) is 5.37. The zero-order valence-corrected chi connectivity index (χ0v) is 11.3. The SMILES string of the molecule is C=C(C)CC(NCC)c1ccc(F)c(Br)c1. The Balaban J connectivity index is 2.91. The van der Waals surface area contributed by atoms with Gasteiger partial charge in [-0.3, -0.25) is 0 Å². The predicted molar refractivity (Wildman–Crippen MR) is 69.9 cm³/mol. The van der Waals surface area contributed by atoms with Crippen LogP contribution in [0.3, 0.4) is 0 Å². The Bertz CT molecular complexity index is 376. The van der Waals surface area contributed by atoms with E-state index in [1.165, 1.54) is 6.07 Å². The van der Waals surface area contributed by atoms with Gasteiger partial charge in [-0.05, 0) is 53.5 Å². The average Bonchev–Trinajstić information content (AvgIpc) is 2.21. The van der Waals surface area contributed by atoms with E-state index in [-0.39, 0.29) is 11.9 Å². The Morgan fingerprint density at radius 2 is 2.25 bits per heavy atom. The van der Waals surface area contributed by atoms with Gasteiger partial charge in [-0.1, -0.05) is 18.6 Å². The van der Waals surface area contributed by atoms with Crippen molar-refractivity contribution in [1.82, 2.24) is 5.32 Å². The molecule has 1 aromatic carbocycles. The molecular weight excluding hydrogens is 269 g/mol. The maximum Gasteiger partial charge on any atom is 0.137 e. The molecule has 16 heavy (non-hydrogen) atoms. The molecule has 0 saturated heterocycles. The normalized spacial score (nSPS) is 12.5. The third-order valence-corrected chi connectivity index (χ3v) is 2.96. The second-order valence-corrected chi connectivity index (χ2v) is 4.80. The van der Waals surface area contributed by atoms with Crippen molar-refractivity contribution >= 4 is 15.9 Å². The van der Waals surface area contributed by atoms with Crippen LogP contribution in [-0.4, -0.2) is 6.54 Å². The van der Waals surface area contributed by atoms with Crippen LogP contribution in [0.4, 0.5) is 4.39 Å². The molecule has 1 aromatic rings. The maximum atomic E-state index is 13.1. The van der Waals surface area contributed by atoms with Crippen LogP contribution < -0.4 is 5.32 Å². The van der Waals surface area contributed by atoms with Gasteiger partial charge in [-0.15, -0.1) is 6.58 Å². The Kier molecular flexibility index (Phi) is 5.16. The van der Waals surface area contributed by atoms with Gasteiger partial charge in [-0.2, -0.15) is 0 Å². The summed E-state index contributed by atoms with van der Waals surface area (Å²) >= 11 is 3.21. The van der Waals surface area contributed by atoms with Crippen molar-refractivity contribution in [3.8, 4) is 0 Å². The van der Waals surface area contributed by atoms with Gasteiger partial charge in [0.05, 0.1) is 4.47 Å². The molecule has 0 aliphatic heterocycles. The Hall–Kier alpha value is -0.670. The van der Waals surface area contributed by atoms with Gasteiger partial charge in [0.25, 0.3) is 0 Å². The quantitative estimate of drug-likeness (QED) is 0.800. The van der Waals surface area contributed by atoms with Crippen molar-refractivity contribution in [2.24, 2.45) is 0 Å². The monoisotopic (exact) mass is 285 g/mol. The highest BCUT2D eigenvalue weighted by Gasteiger charge is 2.11. The molecule has 1 rings (SSSR count). The topological polar surface area (TPSA) is 12.0 Å². The number of rotatable bonds is 5. The molecule has 0 aliphatic rings. The summed E-state index contributed by atoms with van der Waals surface area (Å²) in [5.74, 6) is -0.227. The van der Waals surface area contributed by atoms with Crippen molar-refractivity contribution in [3.63, 3.8) is 0 Å². The third-order valence-electron chi connectivity index (χ3n) is 2.35. The zero-order chi connectivity index (χ0) is 12.1. The van der Waals surface area contributed by atoms with Crippen LogP contribution in [0.2, 0.25) is 0 Å². The van der Waals surface area contributed by atoms with Crippen LogP contribution in [0.1, 0.15) is 31.9 Å². The highest BCUT2D eigenvalue weighted by molar-refractivity contribution is 9.10. The lowest BCUT2D eigenvalue weighted by Crippen LogP contribution is -2.21. The lowest BCUT2D eigenvalue weighted by atomic mass is 10.0. The van der Waals surface area contributed by atoms with Gasteiger partial charge in [-0.25, -0.2) is 4.39 Å². The molecule has 0 fully saturated rings. The molecule has 0 spiro atoms. The number of hydrogen-bond acceptors (Lipinski definition) is 1. The minimum absolute atomic E-state index is 0.208. The molecule has 1 nitrogen and oxygen atoms in total. The zero-order valence-electron chi connectivity index (χ0n) is 9.69. The molecule has 0 aromatic heterocycles. The fourth-order valence-corrected chi connectivity index (χ4v) is 2.03. The summed E-state index contributed by atoms with van der Waals surface area (Å²) in [5, 5.41) is 3.37. The van der Waals surface area contributed by atoms with Crippen molar-refractivity contribution in [2.75, 3.05) is 6.54 Å². The van der Waals surface area contributed by atoms with E-state index in [0.717, 1.165) is 24.1 Å². The minimum atomic E-state index is -0.227. The minimum Gasteiger partial charge on any atom is -0.310 e. The summed E-state index contributed by atoms with van der Waals surface area (Å²) in [5.41, 5.74) is 2.20. The smallest absolute Gasteiger partial charge is 0.137 e. The van der Waals surface area contributed by atoms with E-state index in [9.17, 15) is 4.39 Å². The molecule has 0 aliphatic carbocycles. The molecule has 0 bridgehead atoms. The molecule has 0 amide bonds. The predicted octanol–water partition coefficient (Wildman–Crippen LogP) is 4.21. The van der Waals surface area contributed by atoms with Crippen molar-refractivity contribution < 1.29 is 4.39 Å². The van der Waals surface area contributed by atoms with E-state index in [1.54, 1.807) is 0 Å². The van der Waals surface area contributed by atoms with E-state index in [4.69, 9.17) is 0 Å². The Morgan fingerprint density at radius 3 is 2.75 bits per heavy atom. The lowest BCUT2D eigenvalue weighted by Gasteiger charge is -2.18. The van der Waals surface area contributed by atoms with Crippen LogP contribution in [0.25, 0.3) is 0 Å². The van der Waals surface area contributed by atoms with Crippen LogP contribution in [-0.2, 0) is 0 Å². The number of benzene rings is 1. The first-order chi connectivity index (χ1) is 7.54. The first-order valence-corrected chi connectivity index (χ1v) is 6.16. The summed E-state index contributed by atoms with van der Waals surface area (Å²) in [6, 6.07) is 5.34. The van der Waals surface area contributed by atoms with Crippen LogP contribution in [0, 0.1) is 5.82 Å². The van der Waals surface area contributed by atoms with E-state index in [2.05, 4.69) is 34.7 Å². The van der Waals surface area contributed by atoms with Gasteiger partial charge in [0.15, 0.2) is 0 Å². The highest BCUT2D eigenvalue weighted by atomic mass is 79.9. The van der Waals surface area contributed by atoms with E-state index < -0.39 is 0 Å². The van der Waals surface area contributed by atoms with E-state index in [0.29, 0.717) is 4.47 Å². The van der Waals surface area contributed by atoms with Gasteiger partial charge >= 0.3 is 0 Å². The van der Waals surface area contributed by atoms with Gasteiger partial charge in [0.2, 0.25) is 0 Å². The molecule has 1 unspecified atom stereocenters. The molecule has 3 heteroatoms. The first kappa shape index (κ1) is 13.4. The second-order valence-electron chi connectivity index (χ2n) is 3.95. The second kappa shape index (κ2) is 6.16. The standard InChI is InChI=1S/C13H17BrFN/c1-4-16-13(7-9(2)3)10-5-6-12(15)11(14)8-10/h5-6,8,13,16H,2,4,7H2,1,3H3. The van der Waals surface area contributed by atoms with E-state index in [1.807, 2.05) is 19.1 Å². The van der Waals surface area contributed by atoms with Crippen molar-refractivity contribution in [2.45, 2.75) is 26.3 Å². The molecule has 0 heterocycles. The molecule has 0 radical (unpaired) electrons. The molecule has 88 valence electrons. The summed E-state index contributed by atoms with van der Waals surface area (Å²) in [7, 11) is 0.